The first-order valence-electron chi connectivity index (χ1n) is 16.3. The van der Waals surface area contributed by atoms with E-state index in [-0.39, 0.29) is 30.9 Å². The van der Waals surface area contributed by atoms with Crippen LogP contribution in [0.25, 0.3) is 33.6 Å². The molecule has 5 rings (SSSR count). The SMILES string of the molecule is COC(=O)C(C)(C)COc1ccc(-c2ccc(-c3nc(OC)n[nH]3)cc2)cn1.COC(=O)C(C)(C)COc1ccc(-c2ccc(C(C)=O)cc2)cn1. The summed E-state index contributed by atoms with van der Waals surface area (Å²) >= 11 is 0. The number of hydrogen-bond acceptors (Lipinski definition) is 12. The Morgan fingerprint density at radius 2 is 1.04 bits per heavy atom. The summed E-state index contributed by atoms with van der Waals surface area (Å²) in [6, 6.07) is 22.8. The van der Waals surface area contributed by atoms with Crippen LogP contribution in [-0.2, 0) is 19.1 Å². The maximum absolute atomic E-state index is 11.7. The third kappa shape index (κ3) is 10.2. The van der Waals surface area contributed by atoms with Gasteiger partial charge >= 0.3 is 17.9 Å². The molecule has 0 aliphatic carbocycles. The van der Waals surface area contributed by atoms with Crippen LogP contribution < -0.4 is 14.2 Å². The van der Waals surface area contributed by atoms with Gasteiger partial charge in [-0.2, -0.15) is 4.98 Å². The largest absolute Gasteiger partial charge is 0.476 e. The van der Waals surface area contributed by atoms with Crippen LogP contribution in [0.15, 0.2) is 85.2 Å². The number of hydrogen-bond donors (Lipinski definition) is 1. The van der Waals surface area contributed by atoms with Crippen molar-refractivity contribution < 1.29 is 38.1 Å². The van der Waals surface area contributed by atoms with Crippen molar-refractivity contribution >= 4 is 17.7 Å². The molecule has 3 aromatic heterocycles. The molecule has 0 bridgehead atoms. The molecule has 5 aromatic rings. The van der Waals surface area contributed by atoms with E-state index in [0.29, 0.717) is 29.2 Å². The minimum atomic E-state index is -0.742. The lowest BCUT2D eigenvalue weighted by molar-refractivity contribution is -0.153. The van der Waals surface area contributed by atoms with E-state index in [1.165, 1.54) is 21.3 Å². The summed E-state index contributed by atoms with van der Waals surface area (Å²) < 4.78 is 25.7. The average Bonchev–Trinajstić information content (AvgIpc) is 3.66. The number of aromatic amines is 1. The number of ketones is 1. The molecule has 0 aliphatic heterocycles. The van der Waals surface area contributed by atoms with Crippen molar-refractivity contribution in [3.05, 3.63) is 90.8 Å². The summed E-state index contributed by atoms with van der Waals surface area (Å²) in [7, 11) is 4.24. The van der Waals surface area contributed by atoms with Crippen molar-refractivity contribution in [1.82, 2.24) is 25.1 Å². The monoisotopic (exact) mass is 709 g/mol. The van der Waals surface area contributed by atoms with Gasteiger partial charge in [-0.05, 0) is 57.9 Å². The number of H-pyrrole nitrogens is 1. The fourth-order valence-electron chi connectivity index (χ4n) is 4.64. The van der Waals surface area contributed by atoms with Crippen molar-refractivity contribution in [3.63, 3.8) is 0 Å². The molecule has 0 aliphatic rings. The highest BCUT2D eigenvalue weighted by Gasteiger charge is 2.30. The highest BCUT2D eigenvalue weighted by Crippen LogP contribution is 2.26. The number of ether oxygens (including phenoxy) is 5. The van der Waals surface area contributed by atoms with E-state index in [1.54, 1.807) is 71.3 Å². The van der Waals surface area contributed by atoms with Crippen molar-refractivity contribution in [2.75, 3.05) is 34.5 Å². The molecule has 2 aromatic carbocycles. The van der Waals surface area contributed by atoms with Gasteiger partial charge in [0.05, 0.1) is 32.2 Å². The number of pyridine rings is 2. The molecule has 3 heterocycles. The lowest BCUT2D eigenvalue weighted by atomic mass is 9.95. The molecule has 0 radical (unpaired) electrons. The summed E-state index contributed by atoms with van der Waals surface area (Å²) in [4.78, 5) is 47.4. The minimum Gasteiger partial charge on any atom is -0.476 e. The third-order valence-corrected chi connectivity index (χ3v) is 7.87. The number of methoxy groups -OCH3 is 3. The van der Waals surface area contributed by atoms with Crippen LogP contribution in [0.5, 0.6) is 17.8 Å². The number of nitrogens with one attached hydrogen (secondary N) is 1. The number of aromatic nitrogens is 5. The van der Waals surface area contributed by atoms with Crippen LogP contribution in [0, 0.1) is 10.8 Å². The summed E-state index contributed by atoms with van der Waals surface area (Å²) in [6.07, 6.45) is 3.43. The van der Waals surface area contributed by atoms with Crippen molar-refractivity contribution in [2.24, 2.45) is 10.8 Å². The first-order chi connectivity index (χ1) is 24.8. The van der Waals surface area contributed by atoms with Gasteiger partial charge in [0, 0.05) is 46.8 Å². The van der Waals surface area contributed by atoms with Crippen molar-refractivity contribution in [1.29, 1.82) is 0 Å². The number of benzene rings is 2. The number of carbonyl (C=O) groups excluding carboxylic acids is 3. The molecule has 52 heavy (non-hydrogen) atoms. The maximum atomic E-state index is 11.7. The molecule has 13 nitrogen and oxygen atoms in total. The second kappa shape index (κ2) is 17.2. The minimum absolute atomic E-state index is 0.0386. The van der Waals surface area contributed by atoms with Gasteiger partial charge in [-0.1, -0.05) is 48.5 Å². The Labute approximate surface area is 302 Å². The Kier molecular flexibility index (Phi) is 12.8. The Balaban J connectivity index is 0.000000236. The third-order valence-electron chi connectivity index (χ3n) is 7.87. The number of carbonyl (C=O) groups is 3. The summed E-state index contributed by atoms with van der Waals surface area (Å²) in [5.74, 6) is 0.913. The normalized spacial score (nSPS) is 11.1. The molecular weight excluding hydrogens is 666 g/mol. The topological polar surface area (TPSA) is 165 Å². The molecule has 13 heteroatoms. The van der Waals surface area contributed by atoms with Crippen molar-refractivity contribution in [3.8, 4) is 51.4 Å². The van der Waals surface area contributed by atoms with Gasteiger partial charge in [-0.25, -0.2) is 9.97 Å². The van der Waals surface area contributed by atoms with Crippen LogP contribution in [0.3, 0.4) is 0 Å². The molecule has 0 spiro atoms. The van der Waals surface area contributed by atoms with Gasteiger partial charge in [-0.15, -0.1) is 5.10 Å². The molecule has 0 unspecified atom stereocenters. The average molecular weight is 710 g/mol. The summed E-state index contributed by atoms with van der Waals surface area (Å²) in [6.45, 7) is 8.94. The van der Waals surface area contributed by atoms with E-state index < -0.39 is 10.8 Å². The van der Waals surface area contributed by atoms with Crippen LogP contribution in [0.1, 0.15) is 45.0 Å². The van der Waals surface area contributed by atoms with Gasteiger partial charge < -0.3 is 23.7 Å². The second-order valence-electron chi connectivity index (χ2n) is 13.0. The molecule has 0 fully saturated rings. The fraction of sp³-hybridized carbons (Fsp3) is 0.308. The van der Waals surface area contributed by atoms with Crippen LogP contribution in [0.4, 0.5) is 0 Å². The highest BCUT2D eigenvalue weighted by molar-refractivity contribution is 5.94. The van der Waals surface area contributed by atoms with E-state index in [1.807, 2.05) is 48.5 Å². The Morgan fingerprint density at radius 3 is 1.40 bits per heavy atom. The fourth-order valence-corrected chi connectivity index (χ4v) is 4.64. The van der Waals surface area contributed by atoms with E-state index in [4.69, 9.17) is 23.7 Å². The zero-order valence-corrected chi connectivity index (χ0v) is 30.6. The van der Waals surface area contributed by atoms with Gasteiger partial charge in [0.15, 0.2) is 11.6 Å². The summed E-state index contributed by atoms with van der Waals surface area (Å²) in [5, 5.41) is 6.77. The number of Topliss-reactive ketones (excluding diaryl/α,β-unsaturated/α-hetero) is 1. The molecule has 0 saturated carbocycles. The Hall–Kier alpha value is -6.11. The van der Waals surface area contributed by atoms with E-state index in [0.717, 1.165) is 27.8 Å². The van der Waals surface area contributed by atoms with Gasteiger partial charge in [0.1, 0.15) is 13.2 Å². The standard InChI is InChI=1S/C20H22N4O4.C19H21NO4/c1-20(2,18(25)26-3)12-28-16-10-9-15(11-21-16)13-5-7-14(8-6-13)17-22-19(27-4)24-23-17;1-13(21)14-5-7-15(8-6-14)16-9-10-17(20-11-16)24-12-19(2,3)18(22)23-4/h5-11H,12H2,1-4H3,(H,22,23,24);5-11H,12H2,1-4H3. The molecule has 0 amide bonds. The van der Waals surface area contributed by atoms with Gasteiger partial charge in [-0.3, -0.25) is 19.5 Å². The molecule has 0 saturated heterocycles. The Morgan fingerprint density at radius 1 is 0.615 bits per heavy atom. The van der Waals surface area contributed by atoms with Crippen LogP contribution in [0.2, 0.25) is 0 Å². The number of nitrogens with zero attached hydrogens (tertiary/aromatic N) is 4. The zero-order valence-electron chi connectivity index (χ0n) is 30.6. The van der Waals surface area contributed by atoms with Crippen molar-refractivity contribution in [2.45, 2.75) is 34.6 Å². The van der Waals surface area contributed by atoms with Gasteiger partial charge in [0.2, 0.25) is 11.8 Å². The Bertz CT molecular complexity index is 1940. The van der Waals surface area contributed by atoms with Gasteiger partial charge in [0.25, 0.3) is 0 Å². The van der Waals surface area contributed by atoms with Crippen LogP contribution in [-0.4, -0.2) is 77.4 Å². The molecule has 272 valence electrons. The number of esters is 2. The zero-order chi connectivity index (χ0) is 37.9. The first-order valence-corrected chi connectivity index (χ1v) is 16.3. The predicted molar refractivity (Wildman–Crippen MR) is 194 cm³/mol. The second-order valence-corrected chi connectivity index (χ2v) is 13.0. The maximum Gasteiger partial charge on any atom is 0.335 e. The quantitative estimate of drug-likeness (QED) is 0.102. The van der Waals surface area contributed by atoms with E-state index >= 15 is 0 Å². The lowest BCUT2D eigenvalue weighted by Crippen LogP contribution is -2.32. The predicted octanol–water partition coefficient (Wildman–Crippen LogP) is 6.65. The highest BCUT2D eigenvalue weighted by atomic mass is 16.5. The smallest absolute Gasteiger partial charge is 0.335 e. The molecule has 0 atom stereocenters. The van der Waals surface area contributed by atoms with E-state index in [9.17, 15) is 14.4 Å². The molecule has 1 N–H and O–H groups in total. The number of rotatable bonds is 13. The van der Waals surface area contributed by atoms with E-state index in [2.05, 4.69) is 25.1 Å². The lowest BCUT2D eigenvalue weighted by Gasteiger charge is -2.21. The summed E-state index contributed by atoms with van der Waals surface area (Å²) in [5.41, 5.74) is 3.93. The molecular formula is C39H43N5O8. The first kappa shape index (κ1) is 38.7. The van der Waals surface area contributed by atoms with Crippen LogP contribution >= 0.6 is 0 Å².